The topological polar surface area (TPSA) is 58.6 Å². The van der Waals surface area contributed by atoms with Crippen molar-refractivity contribution in [3.8, 4) is 5.75 Å². The van der Waals surface area contributed by atoms with Gasteiger partial charge in [0, 0.05) is 24.6 Å². The fraction of sp³-hybridized carbons (Fsp3) is 0.526. The van der Waals surface area contributed by atoms with Gasteiger partial charge in [-0.15, -0.1) is 6.58 Å². The first-order chi connectivity index (χ1) is 11.0. The summed E-state index contributed by atoms with van der Waals surface area (Å²) in [5, 5.41) is 13.1. The summed E-state index contributed by atoms with van der Waals surface area (Å²) in [5.41, 5.74) is 1.63. The van der Waals surface area contributed by atoms with Crippen molar-refractivity contribution in [1.29, 1.82) is 0 Å². The van der Waals surface area contributed by atoms with Gasteiger partial charge in [0.05, 0.1) is 0 Å². The highest BCUT2D eigenvalue weighted by atomic mass is 16.5. The molecule has 0 aliphatic heterocycles. The van der Waals surface area contributed by atoms with Gasteiger partial charge < -0.3 is 15.2 Å². The average molecular weight is 319 g/mol. The van der Waals surface area contributed by atoms with E-state index in [1.807, 2.05) is 32.9 Å². The number of allylic oxidation sites excluding steroid dienone is 1. The number of hydrogen-bond acceptors (Lipinski definition) is 4. The largest absolute Gasteiger partial charge is 0.491 e. The number of ketones is 1. The number of aliphatic hydroxyl groups excluding tert-OH is 1. The summed E-state index contributed by atoms with van der Waals surface area (Å²) < 4.78 is 5.73. The van der Waals surface area contributed by atoms with Crippen molar-refractivity contribution in [2.75, 3.05) is 13.2 Å². The number of benzene rings is 1. The first-order valence-corrected chi connectivity index (χ1v) is 8.29. The van der Waals surface area contributed by atoms with Crippen LogP contribution in [0, 0.1) is 0 Å². The maximum absolute atomic E-state index is 12.0. The molecule has 4 heteroatoms. The third-order valence-corrected chi connectivity index (χ3v) is 3.42. The average Bonchev–Trinajstić information content (AvgIpc) is 2.52. The number of carbonyl (C=O) groups excluding carboxylic acids is 1. The molecular weight excluding hydrogens is 290 g/mol. The van der Waals surface area contributed by atoms with E-state index in [-0.39, 0.29) is 12.4 Å². The molecule has 1 atom stereocenters. The van der Waals surface area contributed by atoms with Gasteiger partial charge in [-0.05, 0) is 36.6 Å². The Balaban J connectivity index is 2.73. The molecule has 0 heterocycles. The highest BCUT2D eigenvalue weighted by Crippen LogP contribution is 2.22. The lowest BCUT2D eigenvalue weighted by atomic mass is 10.0. The quantitative estimate of drug-likeness (QED) is 0.486. The second-order valence-electron chi connectivity index (χ2n) is 6.02. The van der Waals surface area contributed by atoms with Crippen LogP contribution in [0.1, 0.15) is 49.5 Å². The zero-order valence-electron chi connectivity index (χ0n) is 14.5. The third-order valence-electron chi connectivity index (χ3n) is 3.42. The summed E-state index contributed by atoms with van der Waals surface area (Å²) in [5.74, 6) is 0.840. The van der Waals surface area contributed by atoms with Crippen LogP contribution in [0.2, 0.25) is 0 Å². The summed E-state index contributed by atoms with van der Waals surface area (Å²) in [6, 6.07) is 5.79. The molecular formula is C19H29NO3. The van der Waals surface area contributed by atoms with E-state index >= 15 is 0 Å². The van der Waals surface area contributed by atoms with Crippen LogP contribution in [0.15, 0.2) is 30.9 Å². The van der Waals surface area contributed by atoms with Crippen LogP contribution in [-0.2, 0) is 6.42 Å². The zero-order valence-corrected chi connectivity index (χ0v) is 14.5. The molecule has 0 bridgehead atoms. The van der Waals surface area contributed by atoms with Gasteiger partial charge in [0.25, 0.3) is 0 Å². The number of rotatable bonds is 11. The van der Waals surface area contributed by atoms with Crippen molar-refractivity contribution >= 4 is 5.78 Å². The van der Waals surface area contributed by atoms with Crippen molar-refractivity contribution in [3.63, 3.8) is 0 Å². The van der Waals surface area contributed by atoms with E-state index in [4.69, 9.17) is 4.74 Å². The van der Waals surface area contributed by atoms with Crippen LogP contribution in [0.5, 0.6) is 5.75 Å². The van der Waals surface area contributed by atoms with Crippen molar-refractivity contribution < 1.29 is 14.6 Å². The Morgan fingerprint density at radius 1 is 1.43 bits per heavy atom. The van der Waals surface area contributed by atoms with Crippen LogP contribution in [0.3, 0.4) is 0 Å². The second kappa shape index (κ2) is 10.2. The zero-order chi connectivity index (χ0) is 17.2. The minimum Gasteiger partial charge on any atom is -0.491 e. The number of ether oxygens (including phenoxy) is 1. The Labute approximate surface area is 139 Å². The third kappa shape index (κ3) is 6.97. The predicted molar refractivity (Wildman–Crippen MR) is 94.2 cm³/mol. The molecule has 1 rings (SSSR count). The summed E-state index contributed by atoms with van der Waals surface area (Å²) >= 11 is 0. The molecule has 0 aromatic heterocycles. The van der Waals surface area contributed by atoms with Crippen molar-refractivity contribution in [2.24, 2.45) is 0 Å². The lowest BCUT2D eigenvalue weighted by Crippen LogP contribution is -2.35. The first kappa shape index (κ1) is 19.4. The molecule has 23 heavy (non-hydrogen) atoms. The van der Waals surface area contributed by atoms with Gasteiger partial charge >= 0.3 is 0 Å². The SMILES string of the molecule is C=CCc1cc(C(=O)CCC)ccc1OCC(O)CNC(C)C. The minimum absolute atomic E-state index is 0.144. The smallest absolute Gasteiger partial charge is 0.162 e. The van der Waals surface area contributed by atoms with Crippen LogP contribution in [-0.4, -0.2) is 36.2 Å². The Kier molecular flexibility index (Phi) is 8.59. The standard InChI is InChI=1S/C19H29NO3/c1-5-7-16-11-15(18(22)8-6-2)9-10-19(16)23-13-17(21)12-20-14(3)4/h5,9-11,14,17,20-21H,1,6-8,12-13H2,2-4H3. The van der Waals surface area contributed by atoms with E-state index in [1.54, 1.807) is 12.1 Å². The molecule has 0 radical (unpaired) electrons. The molecule has 0 aliphatic carbocycles. The van der Waals surface area contributed by atoms with Crippen LogP contribution in [0.4, 0.5) is 0 Å². The lowest BCUT2D eigenvalue weighted by Gasteiger charge is -2.17. The first-order valence-electron chi connectivity index (χ1n) is 8.29. The molecule has 2 N–H and O–H groups in total. The Hall–Kier alpha value is -1.65. The van der Waals surface area contributed by atoms with Crippen LogP contribution in [0.25, 0.3) is 0 Å². The molecule has 0 amide bonds. The van der Waals surface area contributed by atoms with Gasteiger partial charge in [0.2, 0.25) is 0 Å². The highest BCUT2D eigenvalue weighted by Gasteiger charge is 2.11. The maximum Gasteiger partial charge on any atom is 0.162 e. The number of aliphatic hydroxyl groups is 1. The number of Topliss-reactive ketones (excluding diaryl/α,β-unsaturated/α-hetero) is 1. The molecule has 0 saturated carbocycles. The van der Waals surface area contributed by atoms with Crippen molar-refractivity contribution in [1.82, 2.24) is 5.32 Å². The maximum atomic E-state index is 12.0. The van der Waals surface area contributed by atoms with Gasteiger partial charge in [-0.3, -0.25) is 4.79 Å². The molecule has 128 valence electrons. The monoisotopic (exact) mass is 319 g/mol. The van der Waals surface area contributed by atoms with Crippen LogP contribution < -0.4 is 10.1 Å². The van der Waals surface area contributed by atoms with Gasteiger partial charge in [-0.2, -0.15) is 0 Å². The molecule has 1 aromatic rings. The minimum atomic E-state index is -0.574. The molecule has 0 fully saturated rings. The number of carbonyl (C=O) groups is 1. The van der Waals surface area contributed by atoms with Gasteiger partial charge in [-0.25, -0.2) is 0 Å². The number of hydrogen-bond donors (Lipinski definition) is 2. The van der Waals surface area contributed by atoms with Crippen molar-refractivity contribution in [2.45, 2.75) is 52.2 Å². The van der Waals surface area contributed by atoms with Crippen LogP contribution >= 0.6 is 0 Å². The summed E-state index contributed by atoms with van der Waals surface area (Å²) in [6.07, 6.45) is 3.22. The van der Waals surface area contributed by atoms with Gasteiger partial charge in [0.15, 0.2) is 5.78 Å². The van der Waals surface area contributed by atoms with Gasteiger partial charge in [-0.1, -0.05) is 26.8 Å². The second-order valence-corrected chi connectivity index (χ2v) is 6.02. The van der Waals surface area contributed by atoms with E-state index in [0.717, 1.165) is 12.0 Å². The molecule has 1 aromatic carbocycles. The Morgan fingerprint density at radius 3 is 2.78 bits per heavy atom. The van der Waals surface area contributed by atoms with E-state index in [2.05, 4.69) is 11.9 Å². The molecule has 0 saturated heterocycles. The lowest BCUT2D eigenvalue weighted by molar-refractivity contribution is 0.0979. The van der Waals surface area contributed by atoms with E-state index < -0.39 is 6.10 Å². The van der Waals surface area contributed by atoms with E-state index in [0.29, 0.717) is 36.7 Å². The predicted octanol–water partition coefficient (Wildman–Crippen LogP) is 3.14. The summed E-state index contributed by atoms with van der Waals surface area (Å²) in [6.45, 7) is 10.5. The van der Waals surface area contributed by atoms with Crippen molar-refractivity contribution in [3.05, 3.63) is 42.0 Å². The molecule has 4 nitrogen and oxygen atoms in total. The Morgan fingerprint density at radius 2 is 2.17 bits per heavy atom. The van der Waals surface area contributed by atoms with Gasteiger partial charge in [0.1, 0.15) is 18.5 Å². The Bertz CT molecular complexity index is 511. The fourth-order valence-electron chi connectivity index (χ4n) is 2.20. The summed E-state index contributed by atoms with van der Waals surface area (Å²) in [4.78, 5) is 12.0. The fourth-order valence-corrected chi connectivity index (χ4v) is 2.20. The number of nitrogens with one attached hydrogen (secondary N) is 1. The highest BCUT2D eigenvalue weighted by molar-refractivity contribution is 5.96. The summed E-state index contributed by atoms with van der Waals surface area (Å²) in [7, 11) is 0. The molecule has 0 spiro atoms. The van der Waals surface area contributed by atoms with E-state index in [9.17, 15) is 9.90 Å². The normalized spacial score (nSPS) is 12.2. The molecule has 1 unspecified atom stereocenters. The molecule has 0 aliphatic rings. The van der Waals surface area contributed by atoms with E-state index in [1.165, 1.54) is 0 Å².